The quantitative estimate of drug-likeness (QED) is 0.827. The maximum absolute atomic E-state index is 12.8. The Kier molecular flexibility index (Phi) is 5.78. The molecule has 5 nitrogen and oxygen atoms in total. The van der Waals surface area contributed by atoms with Gasteiger partial charge in [-0.3, -0.25) is 9.69 Å². The number of rotatable bonds is 5. The van der Waals surface area contributed by atoms with Crippen molar-refractivity contribution in [1.29, 1.82) is 0 Å². The van der Waals surface area contributed by atoms with Gasteiger partial charge in [0.05, 0.1) is 14.2 Å². The first-order chi connectivity index (χ1) is 12.6. The maximum Gasteiger partial charge on any atom is 0.254 e. The Labute approximate surface area is 155 Å². The van der Waals surface area contributed by atoms with Crippen molar-refractivity contribution in [3.8, 4) is 11.5 Å². The van der Waals surface area contributed by atoms with E-state index in [1.54, 1.807) is 32.4 Å². The van der Waals surface area contributed by atoms with Gasteiger partial charge in [-0.15, -0.1) is 0 Å². The lowest BCUT2D eigenvalue weighted by atomic mass is 10.1. The summed E-state index contributed by atoms with van der Waals surface area (Å²) in [5, 5.41) is 0. The van der Waals surface area contributed by atoms with E-state index in [2.05, 4.69) is 36.1 Å². The number of benzene rings is 2. The average Bonchev–Trinajstić information content (AvgIpc) is 2.73. The fraction of sp³-hybridized carbons (Fsp3) is 0.381. The van der Waals surface area contributed by atoms with Crippen LogP contribution >= 0.6 is 0 Å². The molecule has 5 heteroatoms. The topological polar surface area (TPSA) is 42.0 Å². The number of ether oxygens (including phenoxy) is 2. The van der Waals surface area contributed by atoms with E-state index >= 15 is 0 Å². The summed E-state index contributed by atoms with van der Waals surface area (Å²) in [5.41, 5.74) is 1.94. The van der Waals surface area contributed by atoms with Crippen LogP contribution in [0.4, 0.5) is 0 Å². The fourth-order valence-electron chi connectivity index (χ4n) is 3.41. The lowest BCUT2D eigenvalue weighted by molar-refractivity contribution is 0.0581. The first-order valence-electron chi connectivity index (χ1n) is 8.94. The van der Waals surface area contributed by atoms with Gasteiger partial charge in [0.1, 0.15) is 0 Å². The largest absolute Gasteiger partial charge is 0.493 e. The Morgan fingerprint density at radius 3 is 2.19 bits per heavy atom. The summed E-state index contributed by atoms with van der Waals surface area (Å²) in [7, 11) is 3.17. The molecule has 0 bridgehead atoms. The molecule has 1 heterocycles. The number of carbonyl (C=O) groups excluding carboxylic acids is 1. The molecule has 1 fully saturated rings. The summed E-state index contributed by atoms with van der Waals surface area (Å²) < 4.78 is 10.6. The molecule has 2 aromatic rings. The third-order valence-corrected chi connectivity index (χ3v) is 5.06. The van der Waals surface area contributed by atoms with Gasteiger partial charge in [0.2, 0.25) is 0 Å². The maximum atomic E-state index is 12.8. The molecule has 1 saturated heterocycles. The number of piperazine rings is 1. The van der Waals surface area contributed by atoms with E-state index in [-0.39, 0.29) is 5.91 Å². The second-order valence-electron chi connectivity index (χ2n) is 6.48. The van der Waals surface area contributed by atoms with Crippen molar-refractivity contribution in [3.63, 3.8) is 0 Å². The van der Waals surface area contributed by atoms with Crippen LogP contribution in [0.3, 0.4) is 0 Å². The Morgan fingerprint density at radius 2 is 1.58 bits per heavy atom. The molecule has 0 saturated carbocycles. The molecule has 1 aliphatic rings. The highest BCUT2D eigenvalue weighted by molar-refractivity contribution is 5.95. The summed E-state index contributed by atoms with van der Waals surface area (Å²) in [5.74, 6) is 1.25. The Balaban J connectivity index is 1.63. The van der Waals surface area contributed by atoms with Crippen LogP contribution in [0.1, 0.15) is 28.9 Å². The van der Waals surface area contributed by atoms with Crippen LogP contribution in [-0.2, 0) is 0 Å². The zero-order valence-corrected chi connectivity index (χ0v) is 15.6. The van der Waals surface area contributed by atoms with E-state index < -0.39 is 0 Å². The van der Waals surface area contributed by atoms with Crippen molar-refractivity contribution in [2.24, 2.45) is 0 Å². The van der Waals surface area contributed by atoms with Gasteiger partial charge >= 0.3 is 0 Å². The van der Waals surface area contributed by atoms with Gasteiger partial charge in [0.15, 0.2) is 11.5 Å². The molecule has 3 rings (SSSR count). The molecule has 1 aliphatic heterocycles. The van der Waals surface area contributed by atoms with Crippen molar-refractivity contribution in [2.75, 3.05) is 40.4 Å². The minimum absolute atomic E-state index is 0.0398. The van der Waals surface area contributed by atoms with Crippen molar-refractivity contribution >= 4 is 5.91 Å². The van der Waals surface area contributed by atoms with Crippen LogP contribution in [0.15, 0.2) is 48.5 Å². The third kappa shape index (κ3) is 3.83. The highest BCUT2D eigenvalue weighted by Crippen LogP contribution is 2.28. The molecule has 0 aliphatic carbocycles. The first kappa shape index (κ1) is 18.3. The molecule has 0 N–H and O–H groups in total. The van der Waals surface area contributed by atoms with Crippen molar-refractivity contribution in [3.05, 3.63) is 59.7 Å². The number of methoxy groups -OCH3 is 2. The van der Waals surface area contributed by atoms with E-state index in [0.29, 0.717) is 23.1 Å². The Morgan fingerprint density at radius 1 is 0.923 bits per heavy atom. The fourth-order valence-corrected chi connectivity index (χ4v) is 3.41. The number of hydrogen-bond donors (Lipinski definition) is 0. The molecule has 2 aromatic carbocycles. The number of hydrogen-bond acceptors (Lipinski definition) is 4. The van der Waals surface area contributed by atoms with Gasteiger partial charge in [-0.1, -0.05) is 30.3 Å². The summed E-state index contributed by atoms with van der Waals surface area (Å²) in [4.78, 5) is 17.2. The standard InChI is InChI=1S/C21H26N2O3/c1-16(17-7-5-4-6-8-17)22-11-13-23(14-12-22)21(24)18-9-10-19(25-2)20(15-18)26-3/h4-10,15-16H,11-14H2,1-3H3. The van der Waals surface area contributed by atoms with Crippen LogP contribution in [-0.4, -0.2) is 56.1 Å². The number of carbonyl (C=O) groups is 1. The average molecular weight is 354 g/mol. The summed E-state index contributed by atoms with van der Waals surface area (Å²) in [6.45, 7) is 5.42. The monoisotopic (exact) mass is 354 g/mol. The lowest BCUT2D eigenvalue weighted by Crippen LogP contribution is -2.49. The van der Waals surface area contributed by atoms with E-state index in [1.165, 1.54) is 5.56 Å². The van der Waals surface area contributed by atoms with Crippen LogP contribution in [0.2, 0.25) is 0 Å². The van der Waals surface area contributed by atoms with E-state index in [1.807, 2.05) is 11.0 Å². The predicted molar refractivity (Wildman–Crippen MR) is 102 cm³/mol. The van der Waals surface area contributed by atoms with Crippen LogP contribution in [0.25, 0.3) is 0 Å². The molecule has 0 spiro atoms. The minimum Gasteiger partial charge on any atom is -0.493 e. The molecule has 1 unspecified atom stereocenters. The SMILES string of the molecule is COc1ccc(C(=O)N2CCN(C(C)c3ccccc3)CC2)cc1OC. The lowest BCUT2D eigenvalue weighted by Gasteiger charge is -2.38. The van der Waals surface area contributed by atoms with Crippen LogP contribution in [0, 0.1) is 0 Å². The van der Waals surface area contributed by atoms with Gasteiger partial charge in [-0.25, -0.2) is 0 Å². The number of nitrogens with zero attached hydrogens (tertiary/aromatic N) is 2. The van der Waals surface area contributed by atoms with Gasteiger partial charge < -0.3 is 14.4 Å². The Bertz CT molecular complexity index is 740. The van der Waals surface area contributed by atoms with Crippen LogP contribution < -0.4 is 9.47 Å². The van der Waals surface area contributed by atoms with Crippen LogP contribution in [0.5, 0.6) is 11.5 Å². The van der Waals surface area contributed by atoms with E-state index in [9.17, 15) is 4.79 Å². The number of amides is 1. The normalized spacial score (nSPS) is 16.2. The highest BCUT2D eigenvalue weighted by Gasteiger charge is 2.25. The molecule has 26 heavy (non-hydrogen) atoms. The zero-order valence-electron chi connectivity index (χ0n) is 15.6. The van der Waals surface area contributed by atoms with Crippen molar-refractivity contribution in [2.45, 2.75) is 13.0 Å². The molecule has 1 atom stereocenters. The summed E-state index contributed by atoms with van der Waals surface area (Å²) in [6.07, 6.45) is 0. The summed E-state index contributed by atoms with van der Waals surface area (Å²) >= 11 is 0. The third-order valence-electron chi connectivity index (χ3n) is 5.06. The molecule has 138 valence electrons. The van der Waals surface area contributed by atoms with Gasteiger partial charge in [-0.2, -0.15) is 0 Å². The Hall–Kier alpha value is -2.53. The molecule has 1 amide bonds. The molecule has 0 aromatic heterocycles. The smallest absolute Gasteiger partial charge is 0.254 e. The molecule has 0 radical (unpaired) electrons. The van der Waals surface area contributed by atoms with E-state index in [0.717, 1.165) is 26.2 Å². The summed E-state index contributed by atoms with van der Waals surface area (Å²) in [6, 6.07) is 16.2. The first-order valence-corrected chi connectivity index (χ1v) is 8.94. The molecular formula is C21H26N2O3. The van der Waals surface area contributed by atoms with Gasteiger partial charge in [0, 0.05) is 37.8 Å². The zero-order chi connectivity index (χ0) is 18.5. The van der Waals surface area contributed by atoms with Crippen molar-refractivity contribution in [1.82, 2.24) is 9.80 Å². The van der Waals surface area contributed by atoms with Gasteiger partial charge in [0.25, 0.3) is 5.91 Å². The van der Waals surface area contributed by atoms with Gasteiger partial charge in [-0.05, 0) is 30.7 Å². The highest BCUT2D eigenvalue weighted by atomic mass is 16.5. The minimum atomic E-state index is 0.0398. The molecular weight excluding hydrogens is 328 g/mol. The van der Waals surface area contributed by atoms with E-state index in [4.69, 9.17) is 9.47 Å². The predicted octanol–water partition coefficient (Wildman–Crippen LogP) is 3.22. The second-order valence-corrected chi connectivity index (χ2v) is 6.48. The second kappa shape index (κ2) is 8.23. The van der Waals surface area contributed by atoms with Crippen molar-refractivity contribution < 1.29 is 14.3 Å².